The van der Waals surface area contributed by atoms with Gasteiger partial charge in [-0.2, -0.15) is 0 Å². The molecule has 170 valence electrons. The molecule has 2 atom stereocenters. The smallest absolute Gasteiger partial charge is 0.197 e. The molecule has 4 rings (SSSR count). The number of nitrogens with zero attached hydrogens (tertiary/aromatic N) is 1. The zero-order chi connectivity index (χ0) is 22.8. The predicted molar refractivity (Wildman–Crippen MR) is 126 cm³/mol. The summed E-state index contributed by atoms with van der Waals surface area (Å²) in [7, 11) is 1.99. The number of fused-ring (bicyclic) bond motifs is 1. The van der Waals surface area contributed by atoms with Gasteiger partial charge in [0.25, 0.3) is 0 Å². The molecule has 1 fully saturated rings. The van der Waals surface area contributed by atoms with Crippen LogP contribution in [0.1, 0.15) is 31.7 Å². The lowest BCUT2D eigenvalue weighted by molar-refractivity contribution is 0.171. The SMILES string of the molecule is CCOc1cc(OCC)c2c(=O)cc(-c3ccccc3Cl)oc2c1[C@@H]1CCN(C)[C@H]1CO. The van der Waals surface area contributed by atoms with Crippen molar-refractivity contribution < 1.29 is 19.0 Å². The Balaban J connectivity index is 2.07. The summed E-state index contributed by atoms with van der Waals surface area (Å²) in [6.45, 7) is 5.45. The van der Waals surface area contributed by atoms with Gasteiger partial charge in [-0.1, -0.05) is 23.7 Å². The largest absolute Gasteiger partial charge is 0.493 e. The fraction of sp³-hybridized carbons (Fsp3) is 0.400. The first kappa shape index (κ1) is 22.6. The molecule has 1 aliphatic heterocycles. The number of hydrogen-bond donors (Lipinski definition) is 1. The molecule has 32 heavy (non-hydrogen) atoms. The van der Waals surface area contributed by atoms with E-state index in [0.717, 1.165) is 18.5 Å². The molecule has 0 bridgehead atoms. The molecule has 2 aromatic carbocycles. The average molecular weight is 458 g/mol. The van der Waals surface area contributed by atoms with Crippen LogP contribution in [-0.4, -0.2) is 49.5 Å². The standard InChI is InChI=1S/C25H28ClNO5/c1-4-30-21-13-22(31-5-2)24-19(29)12-20(15-8-6-7-9-17(15)26)32-25(24)23(21)16-10-11-27(3)18(16)14-28/h6-9,12-13,16,18,28H,4-5,10-11,14H2,1-3H3/t16-,18+/m1/s1. The summed E-state index contributed by atoms with van der Waals surface area (Å²) in [6, 6.07) is 10.4. The third-order valence-electron chi connectivity index (χ3n) is 6.09. The van der Waals surface area contributed by atoms with E-state index in [2.05, 4.69) is 4.90 Å². The Morgan fingerprint density at radius 2 is 1.88 bits per heavy atom. The van der Waals surface area contributed by atoms with Crippen molar-refractivity contribution in [3.63, 3.8) is 0 Å². The Hall–Kier alpha value is -2.54. The minimum absolute atomic E-state index is 0.00409. The Morgan fingerprint density at radius 1 is 1.16 bits per heavy atom. The number of hydrogen-bond acceptors (Lipinski definition) is 6. The minimum atomic E-state index is -0.208. The highest BCUT2D eigenvalue weighted by Gasteiger charge is 2.37. The monoisotopic (exact) mass is 457 g/mol. The zero-order valence-corrected chi connectivity index (χ0v) is 19.3. The van der Waals surface area contributed by atoms with Crippen LogP contribution in [0.4, 0.5) is 0 Å². The van der Waals surface area contributed by atoms with E-state index in [1.807, 2.05) is 39.1 Å². The number of ether oxygens (including phenoxy) is 2. The fourth-order valence-electron chi connectivity index (χ4n) is 4.60. The first-order chi connectivity index (χ1) is 15.5. The van der Waals surface area contributed by atoms with Gasteiger partial charge in [0, 0.05) is 35.2 Å². The molecule has 6 nitrogen and oxygen atoms in total. The van der Waals surface area contributed by atoms with Crippen molar-refractivity contribution >= 4 is 22.6 Å². The molecule has 1 aliphatic rings. The molecule has 7 heteroatoms. The van der Waals surface area contributed by atoms with Crippen molar-refractivity contribution in [1.29, 1.82) is 0 Å². The van der Waals surface area contributed by atoms with Crippen molar-refractivity contribution in [3.05, 3.63) is 57.2 Å². The van der Waals surface area contributed by atoms with Gasteiger partial charge in [0.1, 0.15) is 28.2 Å². The van der Waals surface area contributed by atoms with Crippen molar-refractivity contribution in [2.45, 2.75) is 32.2 Å². The maximum absolute atomic E-state index is 13.3. The fourth-order valence-corrected chi connectivity index (χ4v) is 4.83. The third kappa shape index (κ3) is 3.98. The lowest BCUT2D eigenvalue weighted by atomic mass is 9.89. The average Bonchev–Trinajstić information content (AvgIpc) is 3.14. The van der Waals surface area contributed by atoms with E-state index >= 15 is 0 Å². The Bertz CT molecular complexity index is 1170. The van der Waals surface area contributed by atoms with Crippen molar-refractivity contribution in [2.75, 3.05) is 33.4 Å². The molecule has 1 saturated heterocycles. The molecule has 0 amide bonds. The van der Waals surface area contributed by atoms with Gasteiger partial charge in [0.05, 0.1) is 24.8 Å². The Morgan fingerprint density at radius 3 is 2.56 bits per heavy atom. The van der Waals surface area contributed by atoms with E-state index < -0.39 is 0 Å². The number of likely N-dealkylation sites (tertiary alicyclic amines) is 1. The highest BCUT2D eigenvalue weighted by Crippen LogP contribution is 2.45. The summed E-state index contributed by atoms with van der Waals surface area (Å²) >= 11 is 6.40. The van der Waals surface area contributed by atoms with Gasteiger partial charge in [-0.15, -0.1) is 0 Å². The summed E-state index contributed by atoms with van der Waals surface area (Å²) in [5.41, 5.74) is 1.65. The molecule has 0 unspecified atom stereocenters. The Kier molecular flexibility index (Phi) is 6.74. The van der Waals surface area contributed by atoms with Gasteiger partial charge in [-0.3, -0.25) is 4.79 Å². The zero-order valence-electron chi connectivity index (χ0n) is 18.6. The molecule has 3 aromatic rings. The van der Waals surface area contributed by atoms with Crippen LogP contribution in [0.2, 0.25) is 5.02 Å². The van der Waals surface area contributed by atoms with E-state index in [1.54, 1.807) is 12.1 Å². The van der Waals surface area contributed by atoms with Gasteiger partial charge in [0.2, 0.25) is 0 Å². The topological polar surface area (TPSA) is 72.1 Å². The third-order valence-corrected chi connectivity index (χ3v) is 6.42. The first-order valence-corrected chi connectivity index (χ1v) is 11.3. The first-order valence-electron chi connectivity index (χ1n) is 11.0. The molecular formula is C25H28ClNO5. The number of rotatable bonds is 7. The number of halogens is 1. The lowest BCUT2D eigenvalue weighted by Crippen LogP contribution is -2.32. The highest BCUT2D eigenvalue weighted by molar-refractivity contribution is 6.33. The molecule has 1 aromatic heterocycles. The van der Waals surface area contributed by atoms with E-state index in [0.29, 0.717) is 52.0 Å². The van der Waals surface area contributed by atoms with Crippen LogP contribution in [0.15, 0.2) is 45.6 Å². The number of aliphatic hydroxyl groups excluding tert-OH is 1. The predicted octanol–water partition coefficient (Wildman–Crippen LogP) is 4.69. The molecule has 1 N–H and O–H groups in total. The van der Waals surface area contributed by atoms with Gasteiger partial charge >= 0.3 is 0 Å². The number of benzene rings is 2. The van der Waals surface area contributed by atoms with Crippen LogP contribution in [0.3, 0.4) is 0 Å². The second-order valence-corrected chi connectivity index (χ2v) is 8.34. The van der Waals surface area contributed by atoms with E-state index in [-0.39, 0.29) is 24.0 Å². The van der Waals surface area contributed by atoms with Gasteiger partial charge < -0.3 is 23.9 Å². The summed E-state index contributed by atoms with van der Waals surface area (Å²) in [6.07, 6.45) is 0.810. The molecule has 0 radical (unpaired) electrons. The summed E-state index contributed by atoms with van der Waals surface area (Å²) < 4.78 is 18.2. The number of likely N-dealkylation sites (N-methyl/N-ethyl adjacent to an activating group) is 1. The van der Waals surface area contributed by atoms with Gasteiger partial charge in [-0.25, -0.2) is 0 Å². The maximum atomic E-state index is 13.3. The normalized spacial score (nSPS) is 18.9. The molecule has 0 saturated carbocycles. The van der Waals surface area contributed by atoms with Crippen LogP contribution in [0.25, 0.3) is 22.3 Å². The van der Waals surface area contributed by atoms with Crippen LogP contribution in [0.5, 0.6) is 11.5 Å². The summed E-state index contributed by atoms with van der Waals surface area (Å²) in [5.74, 6) is 1.37. The van der Waals surface area contributed by atoms with Gasteiger partial charge in [0.15, 0.2) is 5.43 Å². The quantitative estimate of drug-likeness (QED) is 0.555. The van der Waals surface area contributed by atoms with Crippen LogP contribution in [0, 0.1) is 0 Å². The second-order valence-electron chi connectivity index (χ2n) is 7.94. The van der Waals surface area contributed by atoms with Crippen LogP contribution >= 0.6 is 11.6 Å². The maximum Gasteiger partial charge on any atom is 0.197 e. The second kappa shape index (κ2) is 9.53. The summed E-state index contributed by atoms with van der Waals surface area (Å²) in [5, 5.41) is 11.0. The van der Waals surface area contributed by atoms with Crippen molar-refractivity contribution in [1.82, 2.24) is 4.90 Å². The summed E-state index contributed by atoms with van der Waals surface area (Å²) in [4.78, 5) is 15.5. The van der Waals surface area contributed by atoms with Crippen LogP contribution in [-0.2, 0) is 0 Å². The lowest BCUT2D eigenvalue weighted by Gasteiger charge is -2.26. The minimum Gasteiger partial charge on any atom is -0.493 e. The molecule has 2 heterocycles. The molecule has 0 aliphatic carbocycles. The highest BCUT2D eigenvalue weighted by atomic mass is 35.5. The van der Waals surface area contributed by atoms with E-state index in [4.69, 9.17) is 25.5 Å². The van der Waals surface area contributed by atoms with E-state index in [9.17, 15) is 9.90 Å². The number of aliphatic hydroxyl groups is 1. The Labute approximate surface area is 192 Å². The van der Waals surface area contributed by atoms with Crippen molar-refractivity contribution in [3.8, 4) is 22.8 Å². The van der Waals surface area contributed by atoms with Crippen molar-refractivity contribution in [2.24, 2.45) is 0 Å². The molecular weight excluding hydrogens is 430 g/mol. The van der Waals surface area contributed by atoms with Gasteiger partial charge in [-0.05, 0) is 46.0 Å². The molecule has 0 spiro atoms. The van der Waals surface area contributed by atoms with Crippen LogP contribution < -0.4 is 14.9 Å². The van der Waals surface area contributed by atoms with E-state index in [1.165, 1.54) is 6.07 Å².